The van der Waals surface area contributed by atoms with E-state index in [0.717, 1.165) is 24.7 Å². The molecule has 4 aliphatic rings. The van der Waals surface area contributed by atoms with Crippen LogP contribution in [0.5, 0.6) is 0 Å². The molecule has 1 N–H and O–H groups in total. The predicted molar refractivity (Wildman–Crippen MR) is 110 cm³/mol. The van der Waals surface area contributed by atoms with Crippen molar-refractivity contribution in [2.24, 2.45) is 28.1 Å². The van der Waals surface area contributed by atoms with Crippen molar-refractivity contribution in [1.82, 2.24) is 5.32 Å². The van der Waals surface area contributed by atoms with Crippen LogP contribution in [0.3, 0.4) is 0 Å². The van der Waals surface area contributed by atoms with Gasteiger partial charge in [-0.15, -0.1) is 0 Å². The Balaban J connectivity index is 1.51. The van der Waals surface area contributed by atoms with Crippen molar-refractivity contribution in [2.75, 3.05) is 6.61 Å². The number of carbonyl (C=O) groups excluding carboxylic acids is 2. The number of cyclic esters (lactones) is 1. The van der Waals surface area contributed by atoms with Gasteiger partial charge in [-0.3, -0.25) is 4.79 Å². The molecule has 4 fully saturated rings. The van der Waals surface area contributed by atoms with Crippen LogP contribution in [0, 0.1) is 28.1 Å². The number of amides is 1. The molecule has 4 atom stereocenters. The highest BCUT2D eigenvalue weighted by atomic mass is 16.5. The molecular weight excluding hydrogens is 350 g/mol. The summed E-state index contributed by atoms with van der Waals surface area (Å²) in [6.07, 6.45) is 13.8. The van der Waals surface area contributed by atoms with Crippen LogP contribution < -0.4 is 5.32 Å². The predicted octanol–water partition coefficient (Wildman–Crippen LogP) is 4.78. The van der Waals surface area contributed by atoms with E-state index < -0.39 is 0 Å². The molecule has 1 unspecified atom stereocenters. The van der Waals surface area contributed by atoms with E-state index in [9.17, 15) is 9.59 Å². The maximum absolute atomic E-state index is 12.1. The summed E-state index contributed by atoms with van der Waals surface area (Å²) in [5, 5.41) is 2.85. The number of fused-ring (bicyclic) bond motifs is 1. The van der Waals surface area contributed by atoms with Crippen molar-refractivity contribution >= 4 is 11.9 Å². The summed E-state index contributed by atoms with van der Waals surface area (Å²) in [6.45, 7) is 9.33. The van der Waals surface area contributed by atoms with Crippen molar-refractivity contribution in [2.45, 2.75) is 91.5 Å². The van der Waals surface area contributed by atoms with Crippen molar-refractivity contribution in [3.63, 3.8) is 0 Å². The summed E-state index contributed by atoms with van der Waals surface area (Å²) in [5.41, 5.74) is 2.11. The number of nitrogens with one attached hydrogen (secondary N) is 1. The van der Waals surface area contributed by atoms with Gasteiger partial charge in [0.05, 0.1) is 11.6 Å². The first-order valence-corrected chi connectivity index (χ1v) is 11.3. The van der Waals surface area contributed by atoms with Crippen LogP contribution in [0.2, 0.25) is 0 Å². The zero-order chi connectivity index (χ0) is 20.2. The lowest BCUT2D eigenvalue weighted by atomic mass is 9.45. The third-order valence-corrected chi connectivity index (χ3v) is 8.82. The molecule has 0 aromatic heterocycles. The summed E-state index contributed by atoms with van der Waals surface area (Å²) >= 11 is 0. The Morgan fingerprint density at radius 2 is 1.93 bits per heavy atom. The lowest BCUT2D eigenvalue weighted by Gasteiger charge is -2.60. The second kappa shape index (κ2) is 6.88. The zero-order valence-electron chi connectivity index (χ0n) is 18.1. The Kier molecular flexibility index (Phi) is 4.91. The van der Waals surface area contributed by atoms with E-state index in [2.05, 4.69) is 32.2 Å². The second-order valence-corrected chi connectivity index (χ2v) is 10.9. The van der Waals surface area contributed by atoms with Crippen molar-refractivity contribution in [3.05, 3.63) is 11.6 Å². The molecule has 0 aromatic carbocycles. The summed E-state index contributed by atoms with van der Waals surface area (Å²) in [5.74, 6) is 1.21. The molecular formula is C24H37NO3. The number of esters is 1. The summed E-state index contributed by atoms with van der Waals surface area (Å²) < 4.78 is 5.19. The fourth-order valence-corrected chi connectivity index (χ4v) is 7.47. The Bertz CT molecular complexity index is 690. The highest BCUT2D eigenvalue weighted by Gasteiger charge is 2.62. The molecule has 4 rings (SSSR count). The van der Waals surface area contributed by atoms with Gasteiger partial charge < -0.3 is 10.1 Å². The largest absolute Gasteiger partial charge is 0.460 e. The van der Waals surface area contributed by atoms with Gasteiger partial charge in [-0.05, 0) is 79.4 Å². The lowest BCUT2D eigenvalue weighted by molar-refractivity contribution is -0.135. The van der Waals surface area contributed by atoms with Crippen LogP contribution in [-0.2, 0) is 14.3 Å². The number of hydrogen-bond donors (Lipinski definition) is 1. The third-order valence-electron chi connectivity index (χ3n) is 8.82. The van der Waals surface area contributed by atoms with Gasteiger partial charge in [0.2, 0.25) is 5.91 Å². The topological polar surface area (TPSA) is 55.4 Å². The zero-order valence-corrected chi connectivity index (χ0v) is 18.1. The van der Waals surface area contributed by atoms with Crippen LogP contribution in [0.4, 0.5) is 0 Å². The average molecular weight is 388 g/mol. The smallest absolute Gasteiger partial charge is 0.336 e. The van der Waals surface area contributed by atoms with E-state index in [1.807, 2.05) is 0 Å². The molecule has 4 heteroatoms. The summed E-state index contributed by atoms with van der Waals surface area (Å²) in [7, 11) is 0. The fraction of sp³-hybridized carbons (Fsp3) is 0.833. The molecule has 156 valence electrons. The van der Waals surface area contributed by atoms with Crippen LogP contribution >= 0.6 is 0 Å². The minimum absolute atomic E-state index is 0.113. The maximum Gasteiger partial charge on any atom is 0.336 e. The van der Waals surface area contributed by atoms with Crippen molar-refractivity contribution in [1.29, 1.82) is 0 Å². The van der Waals surface area contributed by atoms with E-state index >= 15 is 0 Å². The van der Waals surface area contributed by atoms with Gasteiger partial charge in [0.15, 0.2) is 0 Å². The molecule has 1 aliphatic heterocycles. The molecule has 28 heavy (non-hydrogen) atoms. The van der Waals surface area contributed by atoms with E-state index in [1.54, 1.807) is 0 Å². The average Bonchev–Trinajstić information content (AvgIpc) is 3.28. The summed E-state index contributed by atoms with van der Waals surface area (Å²) in [6, 6.07) is -0.275. The molecule has 1 amide bonds. The monoisotopic (exact) mass is 387 g/mol. The van der Waals surface area contributed by atoms with Gasteiger partial charge in [0, 0.05) is 6.92 Å². The molecule has 1 spiro atoms. The number of ether oxygens (including phenoxy) is 1. The minimum Gasteiger partial charge on any atom is -0.460 e. The van der Waals surface area contributed by atoms with E-state index in [4.69, 9.17) is 4.74 Å². The first kappa shape index (κ1) is 20.0. The second-order valence-electron chi connectivity index (χ2n) is 10.9. The van der Waals surface area contributed by atoms with Gasteiger partial charge in [0.25, 0.3) is 0 Å². The van der Waals surface area contributed by atoms with Gasteiger partial charge in [-0.1, -0.05) is 33.3 Å². The van der Waals surface area contributed by atoms with Crippen molar-refractivity contribution < 1.29 is 14.3 Å². The standard InChI is InChI=1S/C24H37NO3/c1-16(26)25-18-15-28-21(27)17(18)7-5-8-20-23(4)11-6-10-22(2,3)19(23)9-12-24(20)13-14-24/h7,18-20H,5-6,8-15H2,1-4H3,(H,25,26)/b17-7-/t18?,19-,20+,23-/m0/s1. The number of allylic oxidation sites excluding steroid dienone is 1. The minimum atomic E-state index is -0.275. The van der Waals surface area contributed by atoms with E-state index in [1.165, 1.54) is 51.9 Å². The van der Waals surface area contributed by atoms with Gasteiger partial charge in [-0.25, -0.2) is 4.79 Å². The Morgan fingerprint density at radius 3 is 2.61 bits per heavy atom. The van der Waals surface area contributed by atoms with Gasteiger partial charge in [-0.2, -0.15) is 0 Å². The third kappa shape index (κ3) is 3.31. The lowest BCUT2D eigenvalue weighted by Crippen LogP contribution is -2.52. The molecule has 1 heterocycles. The molecule has 0 aromatic rings. The van der Waals surface area contributed by atoms with Crippen LogP contribution in [0.25, 0.3) is 0 Å². The van der Waals surface area contributed by atoms with E-state index in [-0.39, 0.29) is 24.5 Å². The molecule has 4 nitrogen and oxygen atoms in total. The normalized spacial score (nSPS) is 39.5. The molecule has 3 saturated carbocycles. The van der Waals surface area contributed by atoms with E-state index in [0.29, 0.717) is 21.8 Å². The van der Waals surface area contributed by atoms with Crippen molar-refractivity contribution in [3.8, 4) is 0 Å². The van der Waals surface area contributed by atoms with Crippen LogP contribution in [-0.4, -0.2) is 24.5 Å². The molecule has 1 saturated heterocycles. The first-order valence-electron chi connectivity index (χ1n) is 11.3. The first-order chi connectivity index (χ1) is 13.2. The Hall–Kier alpha value is -1.32. The highest BCUT2D eigenvalue weighted by Crippen LogP contribution is 2.72. The van der Waals surface area contributed by atoms with Crippen LogP contribution in [0.1, 0.15) is 85.5 Å². The quantitative estimate of drug-likeness (QED) is 0.558. The summed E-state index contributed by atoms with van der Waals surface area (Å²) in [4.78, 5) is 23.5. The number of hydrogen-bond acceptors (Lipinski definition) is 3. The number of carbonyl (C=O) groups is 2. The fourth-order valence-electron chi connectivity index (χ4n) is 7.47. The molecule has 0 bridgehead atoms. The van der Waals surface area contributed by atoms with Crippen LogP contribution in [0.15, 0.2) is 11.6 Å². The Labute approximate surface area is 169 Å². The van der Waals surface area contributed by atoms with Gasteiger partial charge in [0.1, 0.15) is 6.61 Å². The molecule has 3 aliphatic carbocycles. The maximum atomic E-state index is 12.1. The SMILES string of the molecule is CC(=O)NC1COC(=O)/C1=C\CC[C@H]1C2(CC[C@H]3C(C)(C)CCC[C@@]31C)CC2. The highest BCUT2D eigenvalue weighted by molar-refractivity contribution is 5.93. The molecule has 0 radical (unpaired) electrons. The Morgan fingerprint density at radius 1 is 1.18 bits per heavy atom. The van der Waals surface area contributed by atoms with Gasteiger partial charge >= 0.3 is 5.97 Å². The number of rotatable bonds is 4.